The molecule has 0 nitrogen and oxygen atoms in total. The van der Waals surface area contributed by atoms with E-state index in [1.54, 1.807) is 0 Å². The van der Waals surface area contributed by atoms with Gasteiger partial charge in [0.1, 0.15) is 0 Å². The van der Waals surface area contributed by atoms with Crippen LogP contribution in [0.2, 0.25) is 0 Å². The number of rotatable bonds is 1. The van der Waals surface area contributed by atoms with Crippen LogP contribution in [0.4, 0.5) is 0 Å². The van der Waals surface area contributed by atoms with Crippen molar-refractivity contribution in [3.8, 4) is 0 Å². The monoisotopic (exact) mass is 122 g/mol. The van der Waals surface area contributed by atoms with Crippen molar-refractivity contribution in [2.45, 2.75) is 26.7 Å². The number of hydrogen-bond acceptors (Lipinski definition) is 0. The highest BCUT2D eigenvalue weighted by molar-refractivity contribution is 5.22. The van der Waals surface area contributed by atoms with Gasteiger partial charge < -0.3 is 0 Å². The van der Waals surface area contributed by atoms with E-state index in [1.165, 1.54) is 18.4 Å². The van der Waals surface area contributed by atoms with E-state index in [4.69, 9.17) is 0 Å². The highest BCUT2D eigenvalue weighted by Crippen LogP contribution is 2.16. The van der Waals surface area contributed by atoms with Gasteiger partial charge in [0.2, 0.25) is 0 Å². The Balaban J connectivity index is 2.52. The molecule has 1 aliphatic carbocycles. The average Bonchev–Trinajstić information content (AvgIpc) is 1.90. The molecule has 0 saturated carbocycles. The Kier molecular flexibility index (Phi) is 2.10. The van der Waals surface area contributed by atoms with Crippen LogP contribution in [0.25, 0.3) is 0 Å². The normalized spacial score (nSPS) is 26.0. The Hall–Kier alpha value is -0.520. The fourth-order valence-electron chi connectivity index (χ4n) is 1.03. The molecule has 50 valence electrons. The van der Waals surface area contributed by atoms with Crippen LogP contribution in [-0.4, -0.2) is 0 Å². The third-order valence-electron chi connectivity index (χ3n) is 1.80. The lowest BCUT2D eigenvalue weighted by atomic mass is 9.97. The van der Waals surface area contributed by atoms with Gasteiger partial charge >= 0.3 is 0 Å². The van der Waals surface area contributed by atoms with Crippen LogP contribution in [0.5, 0.6) is 0 Å². The summed E-state index contributed by atoms with van der Waals surface area (Å²) in [6.45, 7) is 4.45. The van der Waals surface area contributed by atoms with Gasteiger partial charge in [0.15, 0.2) is 0 Å². The van der Waals surface area contributed by atoms with E-state index in [1.807, 2.05) is 0 Å². The highest BCUT2D eigenvalue weighted by Gasteiger charge is 1.99. The van der Waals surface area contributed by atoms with Crippen LogP contribution in [-0.2, 0) is 0 Å². The molecule has 0 aliphatic heterocycles. The van der Waals surface area contributed by atoms with Crippen molar-refractivity contribution in [1.29, 1.82) is 0 Å². The van der Waals surface area contributed by atoms with Gasteiger partial charge in [-0.25, -0.2) is 0 Å². The van der Waals surface area contributed by atoms with E-state index >= 15 is 0 Å². The molecular formula is C9H14. The first-order valence-electron chi connectivity index (χ1n) is 3.70. The maximum Gasteiger partial charge on any atom is -0.0224 e. The van der Waals surface area contributed by atoms with Gasteiger partial charge in [-0.05, 0) is 18.8 Å². The van der Waals surface area contributed by atoms with Crippen LogP contribution in [0, 0.1) is 5.92 Å². The smallest absolute Gasteiger partial charge is 0.0224 e. The zero-order valence-electron chi connectivity index (χ0n) is 6.22. The summed E-state index contributed by atoms with van der Waals surface area (Å²) in [7, 11) is 0. The summed E-state index contributed by atoms with van der Waals surface area (Å²) in [6.07, 6.45) is 9.29. The van der Waals surface area contributed by atoms with Crippen LogP contribution < -0.4 is 0 Å². The predicted octanol–water partition coefficient (Wildman–Crippen LogP) is 2.92. The maximum absolute atomic E-state index is 2.34. The van der Waals surface area contributed by atoms with Gasteiger partial charge in [-0.1, -0.05) is 37.6 Å². The molecule has 0 saturated heterocycles. The second-order valence-electron chi connectivity index (χ2n) is 2.70. The van der Waals surface area contributed by atoms with E-state index in [2.05, 4.69) is 32.1 Å². The quantitative estimate of drug-likeness (QED) is 0.501. The van der Waals surface area contributed by atoms with Crippen molar-refractivity contribution in [3.05, 3.63) is 23.8 Å². The first kappa shape index (κ1) is 6.60. The molecule has 0 aromatic rings. The summed E-state index contributed by atoms with van der Waals surface area (Å²) in [4.78, 5) is 0. The first-order valence-corrected chi connectivity index (χ1v) is 3.70. The molecule has 0 amide bonds. The van der Waals surface area contributed by atoms with E-state index in [0.717, 1.165) is 5.92 Å². The topological polar surface area (TPSA) is 0 Å². The standard InChI is InChI=1S/C9H14/c1-3-9-6-4-8(2)5-7-9/h4,6-8H,3,5H2,1-2H3. The molecule has 1 unspecified atom stereocenters. The van der Waals surface area contributed by atoms with Crippen molar-refractivity contribution < 1.29 is 0 Å². The first-order chi connectivity index (χ1) is 4.33. The van der Waals surface area contributed by atoms with Crippen LogP contribution >= 0.6 is 0 Å². The fourth-order valence-corrected chi connectivity index (χ4v) is 1.03. The maximum atomic E-state index is 2.34. The van der Waals surface area contributed by atoms with Crippen LogP contribution in [0.1, 0.15) is 26.7 Å². The lowest BCUT2D eigenvalue weighted by Gasteiger charge is -2.09. The fraction of sp³-hybridized carbons (Fsp3) is 0.556. The lowest BCUT2D eigenvalue weighted by Crippen LogP contribution is -1.92. The molecule has 0 heterocycles. The molecule has 1 rings (SSSR count). The van der Waals surface area contributed by atoms with Gasteiger partial charge in [-0.15, -0.1) is 0 Å². The van der Waals surface area contributed by atoms with Gasteiger partial charge in [-0.3, -0.25) is 0 Å². The Morgan fingerprint density at radius 3 is 2.89 bits per heavy atom. The summed E-state index contributed by atoms with van der Waals surface area (Å²) in [5, 5.41) is 0. The summed E-state index contributed by atoms with van der Waals surface area (Å²) >= 11 is 0. The van der Waals surface area contributed by atoms with E-state index in [9.17, 15) is 0 Å². The van der Waals surface area contributed by atoms with Crippen molar-refractivity contribution >= 4 is 0 Å². The molecule has 0 spiro atoms. The molecule has 9 heavy (non-hydrogen) atoms. The second-order valence-corrected chi connectivity index (χ2v) is 2.70. The minimum Gasteiger partial charge on any atom is -0.0811 e. The van der Waals surface area contributed by atoms with Crippen LogP contribution in [0.15, 0.2) is 23.8 Å². The molecular weight excluding hydrogens is 108 g/mol. The minimum atomic E-state index is 0.764. The number of allylic oxidation sites excluding steroid dienone is 4. The highest BCUT2D eigenvalue weighted by atomic mass is 14.1. The zero-order valence-corrected chi connectivity index (χ0v) is 6.22. The summed E-state index contributed by atoms with van der Waals surface area (Å²) < 4.78 is 0. The van der Waals surface area contributed by atoms with E-state index in [0.29, 0.717) is 0 Å². The van der Waals surface area contributed by atoms with Gasteiger partial charge in [0.05, 0.1) is 0 Å². The Morgan fingerprint density at radius 1 is 1.67 bits per heavy atom. The summed E-state index contributed by atoms with van der Waals surface area (Å²) in [6, 6.07) is 0. The third kappa shape index (κ3) is 1.70. The Labute approximate surface area is 57.3 Å². The molecule has 0 aromatic heterocycles. The van der Waals surface area contributed by atoms with Gasteiger partial charge in [0.25, 0.3) is 0 Å². The van der Waals surface area contributed by atoms with Gasteiger partial charge in [-0.2, -0.15) is 0 Å². The molecule has 0 bridgehead atoms. The average molecular weight is 122 g/mol. The molecule has 1 aliphatic rings. The lowest BCUT2D eigenvalue weighted by molar-refractivity contribution is 0.727. The zero-order chi connectivity index (χ0) is 6.69. The van der Waals surface area contributed by atoms with Crippen molar-refractivity contribution in [3.63, 3.8) is 0 Å². The second kappa shape index (κ2) is 2.86. The SMILES string of the molecule is CCC1=CCC(C)C=C1. The largest absolute Gasteiger partial charge is 0.0811 e. The van der Waals surface area contributed by atoms with Gasteiger partial charge in [0, 0.05) is 0 Å². The van der Waals surface area contributed by atoms with E-state index in [-0.39, 0.29) is 0 Å². The third-order valence-corrected chi connectivity index (χ3v) is 1.80. The predicted molar refractivity (Wildman–Crippen MR) is 41.3 cm³/mol. The minimum absolute atomic E-state index is 0.764. The Bertz CT molecular complexity index is 140. The van der Waals surface area contributed by atoms with Crippen molar-refractivity contribution in [1.82, 2.24) is 0 Å². The molecule has 1 atom stereocenters. The Morgan fingerprint density at radius 2 is 2.44 bits per heavy atom. The molecule has 0 aromatic carbocycles. The van der Waals surface area contributed by atoms with Crippen molar-refractivity contribution in [2.24, 2.45) is 5.92 Å². The van der Waals surface area contributed by atoms with Crippen molar-refractivity contribution in [2.75, 3.05) is 0 Å². The number of hydrogen-bond donors (Lipinski definition) is 0. The van der Waals surface area contributed by atoms with Crippen LogP contribution in [0.3, 0.4) is 0 Å². The summed E-state index contributed by atoms with van der Waals surface area (Å²) in [5.74, 6) is 0.764. The molecule has 0 fully saturated rings. The summed E-state index contributed by atoms with van der Waals surface area (Å²) in [5.41, 5.74) is 1.49. The molecule has 0 radical (unpaired) electrons. The molecule has 0 N–H and O–H groups in total. The molecule has 0 heteroatoms. The van der Waals surface area contributed by atoms with E-state index < -0.39 is 0 Å².